The van der Waals surface area contributed by atoms with Crippen molar-refractivity contribution in [3.05, 3.63) is 47.8 Å². The molecule has 0 unspecified atom stereocenters. The third-order valence-electron chi connectivity index (χ3n) is 9.19. The summed E-state index contributed by atoms with van der Waals surface area (Å²) in [4.78, 5) is 15.9. The third kappa shape index (κ3) is 2.92. The van der Waals surface area contributed by atoms with E-state index in [1.165, 1.54) is 43.4 Å². The second-order valence-corrected chi connectivity index (χ2v) is 10.5. The van der Waals surface area contributed by atoms with Gasteiger partial charge in [-0.2, -0.15) is 0 Å². The summed E-state index contributed by atoms with van der Waals surface area (Å²) < 4.78 is 0. The lowest BCUT2D eigenvalue weighted by atomic mass is 9.47. The number of aromatic nitrogens is 1. The number of fused-ring (bicyclic) bond motifs is 5. The van der Waals surface area contributed by atoms with Crippen LogP contribution in [0.3, 0.4) is 0 Å². The van der Waals surface area contributed by atoms with Crippen molar-refractivity contribution in [1.82, 2.24) is 4.98 Å². The molecule has 3 heteroatoms. The maximum atomic E-state index is 11.2. The highest BCUT2D eigenvalue weighted by Crippen LogP contribution is 2.66. The molecule has 0 bridgehead atoms. The largest absolute Gasteiger partial charge is 0.481 e. The molecule has 0 spiro atoms. The molecule has 29 heavy (non-hydrogen) atoms. The Balaban J connectivity index is 1.41. The van der Waals surface area contributed by atoms with E-state index >= 15 is 0 Å². The first-order valence-electron chi connectivity index (χ1n) is 11.4. The number of hydrogen-bond acceptors (Lipinski definition) is 2. The van der Waals surface area contributed by atoms with E-state index in [0.29, 0.717) is 18.3 Å². The summed E-state index contributed by atoms with van der Waals surface area (Å²) in [6, 6.07) is 6.29. The number of allylic oxidation sites excluding steroid dienone is 4. The number of rotatable bonds is 3. The van der Waals surface area contributed by atoms with Crippen LogP contribution in [0.4, 0.5) is 0 Å². The number of carboxylic acids is 1. The molecule has 2 fully saturated rings. The number of nitrogens with zero attached hydrogens (tertiary/aromatic N) is 1. The van der Waals surface area contributed by atoms with Crippen molar-refractivity contribution in [3.63, 3.8) is 0 Å². The number of carboxylic acid groups (broad SMARTS) is 1. The Morgan fingerprint density at radius 1 is 1.10 bits per heavy atom. The fraction of sp³-hybridized carbons (Fsp3) is 0.615. The molecule has 0 radical (unpaired) electrons. The number of hydrogen-bond donors (Lipinski definition) is 1. The highest BCUT2D eigenvalue weighted by Gasteiger charge is 2.56. The molecule has 4 aliphatic carbocycles. The van der Waals surface area contributed by atoms with Crippen LogP contribution in [0.25, 0.3) is 5.57 Å². The van der Waals surface area contributed by atoms with E-state index in [1.54, 1.807) is 5.57 Å². The summed E-state index contributed by atoms with van der Waals surface area (Å²) in [7, 11) is 0. The van der Waals surface area contributed by atoms with Crippen molar-refractivity contribution in [2.45, 2.75) is 65.2 Å². The van der Waals surface area contributed by atoms with Crippen LogP contribution in [0.15, 0.2) is 42.1 Å². The first-order chi connectivity index (χ1) is 13.9. The van der Waals surface area contributed by atoms with Gasteiger partial charge in [-0.25, -0.2) is 0 Å². The standard InChI is InChI=1S/C26H33NO2/c1-25-12-10-17(16-24(28)29)15-18(25)6-7-19-20-8-9-22(23-5-3-4-14-27-23)26(20,2)13-11-21(19)25/h3-6,9,14,17,19-21H,7-8,10-13,15-16H2,1-2H3,(H,28,29)/t17-,19-,20-,21-,25-,26-/m0/s1. The fourth-order valence-corrected chi connectivity index (χ4v) is 7.64. The molecule has 1 N–H and O–H groups in total. The lowest BCUT2D eigenvalue weighted by molar-refractivity contribution is -0.138. The molecule has 5 rings (SSSR count). The molecule has 4 aliphatic rings. The van der Waals surface area contributed by atoms with Crippen molar-refractivity contribution < 1.29 is 9.90 Å². The van der Waals surface area contributed by atoms with Gasteiger partial charge in [0.2, 0.25) is 0 Å². The predicted molar refractivity (Wildman–Crippen MR) is 115 cm³/mol. The van der Waals surface area contributed by atoms with Crippen molar-refractivity contribution >= 4 is 11.5 Å². The van der Waals surface area contributed by atoms with E-state index in [4.69, 9.17) is 0 Å². The van der Waals surface area contributed by atoms with Gasteiger partial charge in [0.05, 0.1) is 5.69 Å². The van der Waals surface area contributed by atoms with Gasteiger partial charge in [-0.1, -0.05) is 37.6 Å². The van der Waals surface area contributed by atoms with E-state index in [2.05, 4.69) is 43.1 Å². The molecule has 6 atom stereocenters. The van der Waals surface area contributed by atoms with Gasteiger partial charge in [0, 0.05) is 12.6 Å². The van der Waals surface area contributed by atoms with Gasteiger partial charge in [-0.05, 0) is 97.2 Å². The number of carbonyl (C=O) groups is 1. The van der Waals surface area contributed by atoms with Gasteiger partial charge in [0.1, 0.15) is 0 Å². The summed E-state index contributed by atoms with van der Waals surface area (Å²) in [6.45, 7) is 4.99. The smallest absolute Gasteiger partial charge is 0.303 e. The molecule has 0 amide bonds. The lowest BCUT2D eigenvalue weighted by Gasteiger charge is -2.58. The Bertz CT molecular complexity index is 872. The van der Waals surface area contributed by atoms with Crippen molar-refractivity contribution in [2.75, 3.05) is 0 Å². The van der Waals surface area contributed by atoms with Crippen LogP contribution in [-0.4, -0.2) is 16.1 Å². The Morgan fingerprint density at radius 2 is 1.93 bits per heavy atom. The van der Waals surface area contributed by atoms with Crippen LogP contribution in [0, 0.1) is 34.5 Å². The Kier molecular flexibility index (Phi) is 4.49. The van der Waals surface area contributed by atoms with Crippen LogP contribution >= 0.6 is 0 Å². The van der Waals surface area contributed by atoms with E-state index in [-0.39, 0.29) is 10.8 Å². The average Bonchev–Trinajstić information content (AvgIpc) is 3.06. The van der Waals surface area contributed by atoms with E-state index in [1.807, 2.05) is 12.3 Å². The zero-order valence-corrected chi connectivity index (χ0v) is 17.7. The molecule has 3 nitrogen and oxygen atoms in total. The quantitative estimate of drug-likeness (QED) is 0.631. The normalized spacial score (nSPS) is 40.9. The van der Waals surface area contributed by atoms with E-state index in [9.17, 15) is 9.90 Å². The minimum Gasteiger partial charge on any atom is -0.481 e. The van der Waals surface area contributed by atoms with Crippen molar-refractivity contribution in [3.8, 4) is 0 Å². The minimum atomic E-state index is -0.639. The lowest BCUT2D eigenvalue weighted by Crippen LogP contribution is -2.49. The topological polar surface area (TPSA) is 50.2 Å². The van der Waals surface area contributed by atoms with Crippen LogP contribution in [0.5, 0.6) is 0 Å². The molecule has 0 aromatic carbocycles. The Labute approximate surface area is 174 Å². The average molecular weight is 392 g/mol. The SMILES string of the molecule is C[C@]12CC[C@H](CC(=O)O)CC1=CC[C@@H]1[C@@H]2CC[C@]2(C)C(c3ccccn3)=CC[C@@H]12. The Hall–Kier alpha value is -1.90. The molecule has 0 saturated heterocycles. The first-order valence-corrected chi connectivity index (χ1v) is 11.4. The minimum absolute atomic E-state index is 0.248. The second-order valence-electron chi connectivity index (χ2n) is 10.5. The van der Waals surface area contributed by atoms with E-state index < -0.39 is 5.97 Å². The van der Waals surface area contributed by atoms with Gasteiger partial charge >= 0.3 is 5.97 Å². The van der Waals surface area contributed by atoms with Gasteiger partial charge in [-0.3, -0.25) is 9.78 Å². The Morgan fingerprint density at radius 3 is 2.69 bits per heavy atom. The predicted octanol–water partition coefficient (Wildman–Crippen LogP) is 6.13. The first kappa shape index (κ1) is 19.1. The summed E-state index contributed by atoms with van der Waals surface area (Å²) in [5, 5.41) is 9.23. The van der Waals surface area contributed by atoms with Gasteiger partial charge in [0.25, 0.3) is 0 Å². The maximum Gasteiger partial charge on any atom is 0.303 e. The molecular weight excluding hydrogens is 358 g/mol. The third-order valence-corrected chi connectivity index (χ3v) is 9.19. The molecular formula is C26H33NO2. The van der Waals surface area contributed by atoms with E-state index in [0.717, 1.165) is 24.7 Å². The molecule has 1 heterocycles. The molecule has 154 valence electrons. The molecule has 2 saturated carbocycles. The summed E-state index contributed by atoms with van der Waals surface area (Å²) in [5.41, 5.74) is 4.76. The van der Waals surface area contributed by atoms with Crippen LogP contribution in [0.2, 0.25) is 0 Å². The van der Waals surface area contributed by atoms with Gasteiger partial charge in [0.15, 0.2) is 0 Å². The zero-order valence-electron chi connectivity index (χ0n) is 17.7. The fourth-order valence-electron chi connectivity index (χ4n) is 7.64. The van der Waals surface area contributed by atoms with Gasteiger partial charge < -0.3 is 5.11 Å². The number of pyridine rings is 1. The zero-order chi connectivity index (χ0) is 20.2. The van der Waals surface area contributed by atoms with Crippen molar-refractivity contribution in [2.24, 2.45) is 34.5 Å². The highest BCUT2D eigenvalue weighted by molar-refractivity contribution is 5.70. The molecule has 0 aliphatic heterocycles. The monoisotopic (exact) mass is 391 g/mol. The van der Waals surface area contributed by atoms with Crippen LogP contribution in [-0.2, 0) is 4.79 Å². The van der Waals surface area contributed by atoms with Gasteiger partial charge in [-0.15, -0.1) is 0 Å². The maximum absolute atomic E-state index is 11.2. The van der Waals surface area contributed by atoms with Crippen LogP contribution < -0.4 is 0 Å². The highest BCUT2D eigenvalue weighted by atomic mass is 16.4. The van der Waals surface area contributed by atoms with Crippen LogP contribution in [0.1, 0.15) is 70.9 Å². The molecule has 1 aromatic heterocycles. The number of aliphatic carboxylic acids is 1. The summed E-state index contributed by atoms with van der Waals surface area (Å²) in [6.07, 6.45) is 15.4. The molecule has 1 aromatic rings. The summed E-state index contributed by atoms with van der Waals surface area (Å²) in [5.74, 6) is 1.91. The summed E-state index contributed by atoms with van der Waals surface area (Å²) >= 11 is 0. The van der Waals surface area contributed by atoms with Crippen molar-refractivity contribution in [1.29, 1.82) is 0 Å². The second kappa shape index (κ2) is 6.82.